The molecule has 5 aromatic rings. The van der Waals surface area contributed by atoms with E-state index in [9.17, 15) is 37.1 Å². The second-order valence-corrected chi connectivity index (χ2v) is 8.97. The Balaban J connectivity index is 1.94. The summed E-state index contributed by atoms with van der Waals surface area (Å²) in [5.41, 5.74) is -3.94. The fraction of sp³-hybridized carbons (Fsp3) is 0.0870. The van der Waals surface area contributed by atoms with Crippen molar-refractivity contribution in [3.05, 3.63) is 95.7 Å². The summed E-state index contributed by atoms with van der Waals surface area (Å²) in [6, 6.07) is 5.85. The Kier molecular flexibility index (Phi) is 5.52. The van der Waals surface area contributed by atoms with E-state index in [1.807, 2.05) is 0 Å². The zero-order valence-corrected chi connectivity index (χ0v) is 19.3. The normalized spacial score (nSPS) is 12.0. The molecule has 13 heteroatoms. The van der Waals surface area contributed by atoms with Crippen LogP contribution in [0.15, 0.2) is 56.7 Å². The number of halogens is 5. The maximum absolute atomic E-state index is 13.9. The van der Waals surface area contributed by atoms with Crippen molar-refractivity contribution < 1.29 is 27.5 Å². The van der Waals surface area contributed by atoms with Crippen LogP contribution in [-0.4, -0.2) is 25.2 Å². The molecule has 3 aromatic heterocycles. The van der Waals surface area contributed by atoms with Gasteiger partial charge in [-0.2, -0.15) is 13.2 Å². The molecule has 5 rings (SSSR count). The third-order valence-corrected chi connectivity index (χ3v) is 6.78. The number of H-pyrrole nitrogens is 1. The quantitative estimate of drug-likeness (QED) is 0.306. The molecule has 0 fully saturated rings. The van der Waals surface area contributed by atoms with Crippen molar-refractivity contribution in [3.63, 3.8) is 0 Å². The van der Waals surface area contributed by atoms with Gasteiger partial charge < -0.3 is 14.7 Å². The van der Waals surface area contributed by atoms with Gasteiger partial charge in [0.15, 0.2) is 5.69 Å². The Morgan fingerprint density at radius 3 is 2.53 bits per heavy atom. The number of fused-ring (bicyclic) bond motifs is 2. The number of aromatic amines is 1. The first-order valence-electron chi connectivity index (χ1n) is 10.1. The van der Waals surface area contributed by atoms with Crippen LogP contribution >= 0.6 is 22.9 Å². The number of rotatable bonds is 4. The molecule has 0 aliphatic heterocycles. The summed E-state index contributed by atoms with van der Waals surface area (Å²) < 4.78 is 56.2. The summed E-state index contributed by atoms with van der Waals surface area (Å²) in [6.45, 7) is -0.368. The number of carboxylic acid groups (broad SMARTS) is 1. The molecule has 0 saturated heterocycles. The van der Waals surface area contributed by atoms with Crippen LogP contribution in [0.5, 0.6) is 0 Å². The molecule has 3 heterocycles. The first kappa shape index (κ1) is 23.8. The van der Waals surface area contributed by atoms with Gasteiger partial charge in [-0.05, 0) is 42.0 Å². The van der Waals surface area contributed by atoms with E-state index < -0.39 is 46.2 Å². The highest BCUT2D eigenvalue weighted by Crippen LogP contribution is 2.36. The average Bonchev–Trinajstić information content (AvgIpc) is 3.38. The lowest BCUT2D eigenvalue weighted by atomic mass is 10.1. The van der Waals surface area contributed by atoms with Crippen molar-refractivity contribution in [1.82, 2.24) is 14.1 Å². The molecule has 36 heavy (non-hydrogen) atoms. The van der Waals surface area contributed by atoms with E-state index in [1.165, 1.54) is 16.8 Å². The van der Waals surface area contributed by atoms with Gasteiger partial charge in [-0.1, -0.05) is 11.6 Å². The highest BCUT2D eigenvalue weighted by Gasteiger charge is 2.33. The van der Waals surface area contributed by atoms with Crippen LogP contribution in [0.1, 0.15) is 21.6 Å². The topological polar surface area (TPSA) is 97.1 Å². The number of carboxylic acids is 1. The van der Waals surface area contributed by atoms with Gasteiger partial charge in [-0.3, -0.25) is 4.79 Å². The van der Waals surface area contributed by atoms with Gasteiger partial charge in [0.25, 0.3) is 5.56 Å². The molecule has 0 bridgehead atoms. The van der Waals surface area contributed by atoms with E-state index in [-0.39, 0.29) is 38.9 Å². The third-order valence-electron chi connectivity index (χ3n) is 5.67. The summed E-state index contributed by atoms with van der Waals surface area (Å²) >= 11 is 7.26. The first-order valence-corrected chi connectivity index (χ1v) is 11.4. The molecule has 7 nitrogen and oxygen atoms in total. The number of carbonyl (C=O) groups is 1. The highest BCUT2D eigenvalue weighted by atomic mass is 35.5. The minimum atomic E-state index is -4.79. The minimum absolute atomic E-state index is 0.0348. The van der Waals surface area contributed by atoms with Crippen LogP contribution in [0.4, 0.5) is 17.6 Å². The van der Waals surface area contributed by atoms with Gasteiger partial charge in [0, 0.05) is 21.2 Å². The first-order chi connectivity index (χ1) is 17.0. The number of aromatic nitrogens is 3. The Bertz CT molecular complexity index is 1820. The maximum atomic E-state index is 13.9. The van der Waals surface area contributed by atoms with Crippen LogP contribution in [0.2, 0.25) is 5.02 Å². The van der Waals surface area contributed by atoms with E-state index in [0.717, 1.165) is 40.2 Å². The second kappa shape index (κ2) is 8.35. The van der Waals surface area contributed by atoms with Crippen LogP contribution in [0.3, 0.4) is 0 Å². The fourth-order valence-electron chi connectivity index (χ4n) is 4.10. The number of nitrogens with zero attached hydrogens (tertiary/aromatic N) is 2. The fourth-order valence-corrected chi connectivity index (χ4v) is 5.03. The maximum Gasteiger partial charge on any atom is 0.416 e. The molecule has 0 aliphatic rings. The number of hydrogen-bond acceptors (Lipinski definition) is 4. The minimum Gasteiger partial charge on any atom is -0.477 e. The Morgan fingerprint density at radius 2 is 1.83 bits per heavy atom. The summed E-state index contributed by atoms with van der Waals surface area (Å²) in [7, 11) is 0. The standard InChI is InChI=1S/C23H12ClF4N3O4S/c24-15-3-2-12(25)5-10(15)7-30-17-4-1-11(23(26,27)28)6-13(17)18(19(30)21(33)34)31-20(32)14-8-36-9-16(14)29-22(31)35/h1-6,8-9H,7H2,(H,29,35)(H,33,34). The van der Waals surface area contributed by atoms with Crippen molar-refractivity contribution in [2.45, 2.75) is 12.7 Å². The predicted molar refractivity (Wildman–Crippen MR) is 126 cm³/mol. The third kappa shape index (κ3) is 3.78. The molecular weight excluding hydrogens is 526 g/mol. The van der Waals surface area contributed by atoms with Crippen molar-refractivity contribution in [1.29, 1.82) is 0 Å². The zero-order chi connectivity index (χ0) is 25.9. The van der Waals surface area contributed by atoms with Gasteiger partial charge in [0.05, 0.1) is 34.2 Å². The van der Waals surface area contributed by atoms with E-state index in [2.05, 4.69) is 4.98 Å². The molecule has 0 unspecified atom stereocenters. The van der Waals surface area contributed by atoms with Crippen LogP contribution < -0.4 is 11.2 Å². The molecule has 0 aliphatic carbocycles. The molecule has 0 amide bonds. The lowest BCUT2D eigenvalue weighted by molar-refractivity contribution is -0.137. The van der Waals surface area contributed by atoms with Crippen molar-refractivity contribution in [2.75, 3.05) is 0 Å². The van der Waals surface area contributed by atoms with Crippen LogP contribution in [0.25, 0.3) is 27.5 Å². The number of hydrogen-bond donors (Lipinski definition) is 2. The Labute approximate surface area is 206 Å². The van der Waals surface area contributed by atoms with E-state index in [4.69, 9.17) is 11.6 Å². The molecule has 2 aromatic carbocycles. The summed E-state index contributed by atoms with van der Waals surface area (Å²) in [6.07, 6.45) is -4.79. The number of alkyl halides is 3. The highest BCUT2D eigenvalue weighted by molar-refractivity contribution is 7.09. The summed E-state index contributed by atoms with van der Waals surface area (Å²) in [5.74, 6) is -2.29. The molecular formula is C23H12ClF4N3O4S. The number of benzene rings is 2. The molecule has 0 radical (unpaired) electrons. The predicted octanol–water partition coefficient (Wildman–Crippen LogP) is 5.25. The zero-order valence-electron chi connectivity index (χ0n) is 17.7. The van der Waals surface area contributed by atoms with E-state index in [1.54, 1.807) is 0 Å². The van der Waals surface area contributed by atoms with Crippen LogP contribution in [-0.2, 0) is 12.7 Å². The van der Waals surface area contributed by atoms with Gasteiger partial charge in [0.1, 0.15) is 5.82 Å². The lowest BCUT2D eigenvalue weighted by Gasteiger charge is -2.11. The Morgan fingerprint density at radius 1 is 1.08 bits per heavy atom. The van der Waals surface area contributed by atoms with Gasteiger partial charge in [-0.15, -0.1) is 11.3 Å². The molecule has 184 valence electrons. The summed E-state index contributed by atoms with van der Waals surface area (Å²) in [5, 5.41) is 12.9. The monoisotopic (exact) mass is 537 g/mol. The number of thiophene rings is 1. The molecule has 0 spiro atoms. The molecule has 0 atom stereocenters. The van der Waals surface area contributed by atoms with E-state index in [0.29, 0.717) is 10.6 Å². The molecule has 2 N–H and O–H groups in total. The smallest absolute Gasteiger partial charge is 0.416 e. The van der Waals surface area contributed by atoms with Gasteiger partial charge in [0.2, 0.25) is 0 Å². The van der Waals surface area contributed by atoms with Crippen molar-refractivity contribution in [3.8, 4) is 5.69 Å². The van der Waals surface area contributed by atoms with Gasteiger partial charge >= 0.3 is 17.8 Å². The van der Waals surface area contributed by atoms with Crippen molar-refractivity contribution in [2.24, 2.45) is 0 Å². The van der Waals surface area contributed by atoms with Crippen LogP contribution in [0, 0.1) is 5.82 Å². The summed E-state index contributed by atoms with van der Waals surface area (Å²) in [4.78, 5) is 41.1. The number of nitrogens with one attached hydrogen (secondary N) is 1. The lowest BCUT2D eigenvalue weighted by Crippen LogP contribution is -2.34. The average molecular weight is 538 g/mol. The van der Waals surface area contributed by atoms with E-state index >= 15 is 0 Å². The Hall–Kier alpha value is -3.90. The molecule has 0 saturated carbocycles. The van der Waals surface area contributed by atoms with Crippen molar-refractivity contribution >= 4 is 50.7 Å². The second-order valence-electron chi connectivity index (χ2n) is 7.82. The number of aromatic carboxylic acids is 1. The largest absolute Gasteiger partial charge is 0.477 e. The SMILES string of the molecule is O=C(O)c1c(-n2c(=O)[nH]c3cscc3c2=O)c2cc(C(F)(F)F)ccc2n1Cc1cc(F)ccc1Cl. The van der Waals surface area contributed by atoms with Gasteiger partial charge in [-0.25, -0.2) is 18.5 Å².